The van der Waals surface area contributed by atoms with E-state index >= 15 is 0 Å². The molecule has 0 saturated carbocycles. The van der Waals surface area contributed by atoms with E-state index in [9.17, 15) is 4.79 Å². The molecule has 0 aromatic heterocycles. The van der Waals surface area contributed by atoms with Crippen LogP contribution in [0.4, 0.5) is 5.69 Å². The van der Waals surface area contributed by atoms with Crippen LogP contribution in [0.25, 0.3) is 0 Å². The summed E-state index contributed by atoms with van der Waals surface area (Å²) in [6, 6.07) is 14.9. The highest BCUT2D eigenvalue weighted by Gasteiger charge is 2.30. The van der Waals surface area contributed by atoms with E-state index in [4.69, 9.17) is 16.3 Å². The van der Waals surface area contributed by atoms with Gasteiger partial charge in [0.2, 0.25) is 5.91 Å². The lowest BCUT2D eigenvalue weighted by Gasteiger charge is -2.06. The number of carbonyl (C=O) groups is 1. The van der Waals surface area contributed by atoms with E-state index in [-0.39, 0.29) is 11.2 Å². The minimum Gasteiger partial charge on any atom is -0.497 e. The van der Waals surface area contributed by atoms with Crippen molar-refractivity contribution in [1.29, 1.82) is 0 Å². The second kappa shape index (κ2) is 7.06. The number of amidine groups is 1. The molecule has 4 nitrogen and oxygen atoms in total. The van der Waals surface area contributed by atoms with Gasteiger partial charge in [-0.1, -0.05) is 35.5 Å². The molecule has 1 fully saturated rings. The van der Waals surface area contributed by atoms with E-state index < -0.39 is 0 Å². The molecule has 2 aromatic carbocycles. The summed E-state index contributed by atoms with van der Waals surface area (Å²) in [5.74, 6) is 0.792. The van der Waals surface area contributed by atoms with Crippen LogP contribution in [0.3, 0.4) is 0 Å². The number of nitrogens with zero attached hydrogens (tertiary/aromatic N) is 1. The number of carbonyl (C=O) groups excluding carboxylic acids is 1. The van der Waals surface area contributed by atoms with Gasteiger partial charge >= 0.3 is 0 Å². The molecule has 1 amide bonds. The first kappa shape index (κ1) is 15.9. The molecule has 2 aromatic rings. The average Bonchev–Trinajstić information content (AvgIpc) is 2.90. The average molecular weight is 347 g/mol. The molecule has 1 saturated heterocycles. The maximum absolute atomic E-state index is 12.1. The highest BCUT2D eigenvalue weighted by atomic mass is 35.5. The standard InChI is InChI=1S/C17H15ClN2O2S/c1-22-14-8-2-11(3-9-14)10-15-16(21)20-17(23-15)19-13-6-4-12(18)5-7-13/h2-9,15H,10H2,1H3,(H,19,20,21). The molecule has 118 valence electrons. The minimum atomic E-state index is -0.172. The van der Waals surface area contributed by atoms with Gasteiger partial charge < -0.3 is 10.1 Å². The quantitative estimate of drug-likeness (QED) is 0.915. The number of nitrogens with one attached hydrogen (secondary N) is 1. The number of rotatable bonds is 4. The molecule has 0 spiro atoms. The largest absolute Gasteiger partial charge is 0.497 e. The number of aliphatic imine (C=N–C) groups is 1. The number of ether oxygens (including phenoxy) is 1. The zero-order valence-electron chi connectivity index (χ0n) is 12.5. The van der Waals surface area contributed by atoms with Gasteiger partial charge in [0.1, 0.15) is 5.75 Å². The van der Waals surface area contributed by atoms with E-state index in [2.05, 4.69) is 10.3 Å². The summed E-state index contributed by atoms with van der Waals surface area (Å²) in [5, 5.41) is 3.94. The fourth-order valence-corrected chi connectivity index (χ4v) is 3.36. The fourth-order valence-electron chi connectivity index (χ4n) is 2.20. The Labute approximate surface area is 143 Å². The van der Waals surface area contributed by atoms with Crippen LogP contribution in [0.15, 0.2) is 53.5 Å². The predicted molar refractivity (Wildman–Crippen MR) is 94.8 cm³/mol. The van der Waals surface area contributed by atoms with Gasteiger partial charge in [0.05, 0.1) is 18.0 Å². The van der Waals surface area contributed by atoms with Crippen molar-refractivity contribution in [2.45, 2.75) is 11.7 Å². The monoisotopic (exact) mass is 346 g/mol. The van der Waals surface area contributed by atoms with Crippen LogP contribution in [0.2, 0.25) is 5.02 Å². The van der Waals surface area contributed by atoms with Gasteiger partial charge in [-0.25, -0.2) is 4.99 Å². The maximum Gasteiger partial charge on any atom is 0.239 e. The normalized spacial score (nSPS) is 19.0. The van der Waals surface area contributed by atoms with Crippen LogP contribution in [0.1, 0.15) is 5.56 Å². The number of hydrogen-bond donors (Lipinski definition) is 1. The molecule has 0 radical (unpaired) electrons. The second-order valence-corrected chi connectivity index (χ2v) is 6.67. The van der Waals surface area contributed by atoms with E-state index in [1.807, 2.05) is 36.4 Å². The van der Waals surface area contributed by atoms with E-state index in [1.54, 1.807) is 19.2 Å². The van der Waals surface area contributed by atoms with Crippen molar-refractivity contribution in [2.75, 3.05) is 7.11 Å². The van der Waals surface area contributed by atoms with Gasteiger partial charge in [0.15, 0.2) is 5.17 Å². The van der Waals surface area contributed by atoms with Gasteiger partial charge in [-0.3, -0.25) is 4.79 Å². The van der Waals surface area contributed by atoms with Crippen LogP contribution in [-0.2, 0) is 11.2 Å². The van der Waals surface area contributed by atoms with Gasteiger partial charge in [0, 0.05) is 5.02 Å². The van der Waals surface area contributed by atoms with Gasteiger partial charge in [-0.2, -0.15) is 0 Å². The van der Waals surface area contributed by atoms with Crippen molar-refractivity contribution in [3.8, 4) is 5.75 Å². The number of thioether (sulfide) groups is 1. The molecule has 0 bridgehead atoms. The summed E-state index contributed by atoms with van der Waals surface area (Å²) in [6.45, 7) is 0. The smallest absolute Gasteiger partial charge is 0.239 e. The molecule has 0 aliphatic carbocycles. The van der Waals surface area contributed by atoms with E-state index in [0.717, 1.165) is 17.0 Å². The molecule has 1 aliphatic rings. The number of benzene rings is 2. The highest BCUT2D eigenvalue weighted by Crippen LogP contribution is 2.26. The number of amides is 1. The summed E-state index contributed by atoms with van der Waals surface area (Å²) >= 11 is 7.30. The SMILES string of the molecule is COc1ccc(CC2SC(=Nc3ccc(Cl)cc3)NC2=O)cc1. The Morgan fingerprint density at radius 3 is 2.52 bits per heavy atom. The Morgan fingerprint density at radius 2 is 1.87 bits per heavy atom. The third-order valence-electron chi connectivity index (χ3n) is 3.41. The number of hydrogen-bond acceptors (Lipinski definition) is 4. The Kier molecular flexibility index (Phi) is 4.88. The van der Waals surface area contributed by atoms with Crippen molar-refractivity contribution in [1.82, 2.24) is 5.32 Å². The molecule has 1 atom stereocenters. The Balaban J connectivity index is 1.68. The molecule has 6 heteroatoms. The van der Waals surface area contributed by atoms with Crippen LogP contribution in [0, 0.1) is 0 Å². The summed E-state index contributed by atoms with van der Waals surface area (Å²) in [4.78, 5) is 16.5. The summed E-state index contributed by atoms with van der Waals surface area (Å²) in [7, 11) is 1.63. The lowest BCUT2D eigenvalue weighted by molar-refractivity contribution is -0.118. The first-order chi connectivity index (χ1) is 11.1. The summed E-state index contributed by atoms with van der Waals surface area (Å²) in [6.07, 6.45) is 0.653. The molecule has 1 aliphatic heterocycles. The zero-order valence-corrected chi connectivity index (χ0v) is 14.0. The van der Waals surface area contributed by atoms with Gasteiger partial charge in [-0.15, -0.1) is 0 Å². The number of halogens is 1. The lowest BCUT2D eigenvalue weighted by Crippen LogP contribution is -2.25. The Morgan fingerprint density at radius 1 is 1.17 bits per heavy atom. The molecule has 23 heavy (non-hydrogen) atoms. The molecular formula is C17H15ClN2O2S. The summed E-state index contributed by atoms with van der Waals surface area (Å²) in [5.41, 5.74) is 1.86. The molecule has 1 unspecified atom stereocenters. The van der Waals surface area contributed by atoms with Crippen LogP contribution in [-0.4, -0.2) is 23.4 Å². The van der Waals surface area contributed by atoms with Crippen molar-refractivity contribution in [2.24, 2.45) is 4.99 Å². The maximum atomic E-state index is 12.1. The zero-order chi connectivity index (χ0) is 16.2. The van der Waals surface area contributed by atoms with Crippen LogP contribution >= 0.6 is 23.4 Å². The summed E-state index contributed by atoms with van der Waals surface area (Å²) < 4.78 is 5.14. The van der Waals surface area contributed by atoms with Crippen LogP contribution in [0.5, 0.6) is 5.75 Å². The predicted octanol–water partition coefficient (Wildman–Crippen LogP) is 3.81. The molecular weight excluding hydrogens is 332 g/mol. The van der Waals surface area contributed by atoms with Crippen molar-refractivity contribution in [3.05, 3.63) is 59.1 Å². The van der Waals surface area contributed by atoms with Crippen molar-refractivity contribution in [3.63, 3.8) is 0 Å². The first-order valence-electron chi connectivity index (χ1n) is 7.09. The third-order valence-corrected chi connectivity index (χ3v) is 4.75. The molecule has 1 N–H and O–H groups in total. The first-order valence-corrected chi connectivity index (χ1v) is 8.34. The van der Waals surface area contributed by atoms with Crippen molar-refractivity contribution < 1.29 is 9.53 Å². The number of methoxy groups -OCH3 is 1. The minimum absolute atomic E-state index is 0.0152. The topological polar surface area (TPSA) is 50.7 Å². The molecule has 3 rings (SSSR count). The van der Waals surface area contributed by atoms with Crippen LogP contribution < -0.4 is 10.1 Å². The highest BCUT2D eigenvalue weighted by molar-refractivity contribution is 8.15. The lowest BCUT2D eigenvalue weighted by atomic mass is 10.1. The fraction of sp³-hybridized carbons (Fsp3) is 0.176. The second-order valence-electron chi connectivity index (χ2n) is 5.04. The third kappa shape index (κ3) is 4.06. The van der Waals surface area contributed by atoms with E-state index in [1.165, 1.54) is 11.8 Å². The van der Waals surface area contributed by atoms with E-state index in [0.29, 0.717) is 16.6 Å². The van der Waals surface area contributed by atoms with Gasteiger partial charge in [0.25, 0.3) is 0 Å². The van der Waals surface area contributed by atoms with Gasteiger partial charge in [-0.05, 0) is 48.4 Å². The Hall–Kier alpha value is -1.98. The van der Waals surface area contributed by atoms with Crippen molar-refractivity contribution >= 4 is 40.1 Å². The molecule has 1 heterocycles. The Bertz CT molecular complexity index is 729.